The van der Waals surface area contributed by atoms with Gasteiger partial charge in [-0.05, 0) is 0 Å². The molecule has 0 fully saturated rings. The first-order chi connectivity index (χ1) is 3.31. The first-order valence-electron chi connectivity index (χ1n) is 1.71. The second-order valence-corrected chi connectivity index (χ2v) is 1.32. The van der Waals surface area contributed by atoms with Crippen LogP contribution in [0.3, 0.4) is 0 Å². The Morgan fingerprint density at radius 3 is 2.57 bits per heavy atom. The van der Waals surface area contributed by atoms with E-state index in [-0.39, 0.29) is 11.7 Å². The lowest BCUT2D eigenvalue weighted by Gasteiger charge is -1.79. The molecule has 0 saturated heterocycles. The third kappa shape index (κ3) is 3.39. The lowest BCUT2D eigenvalue weighted by molar-refractivity contribution is 1.27. The van der Waals surface area contributed by atoms with Crippen LogP contribution in [-0.2, 0) is 0 Å². The Bertz CT molecular complexity index is 90.9. The van der Waals surface area contributed by atoms with Crippen LogP contribution in [0.2, 0.25) is 0 Å². The molecule has 0 aliphatic heterocycles. The molecule has 0 amide bonds. The van der Waals surface area contributed by atoms with E-state index in [9.17, 15) is 4.91 Å². The summed E-state index contributed by atoms with van der Waals surface area (Å²) in [6.45, 7) is -0.0158. The van der Waals surface area contributed by atoms with Gasteiger partial charge in [-0.1, -0.05) is 16.8 Å². The van der Waals surface area contributed by atoms with Crippen molar-refractivity contribution in [3.8, 4) is 0 Å². The molecular formula is C3H5ClN2O. The highest BCUT2D eigenvalue weighted by molar-refractivity contribution is 6.66. The van der Waals surface area contributed by atoms with Gasteiger partial charge in [-0.2, -0.15) is 4.91 Å². The summed E-state index contributed by atoms with van der Waals surface area (Å²) in [6, 6.07) is 0. The van der Waals surface area contributed by atoms with Crippen LogP contribution in [0.15, 0.2) is 10.2 Å². The third-order valence-corrected chi connectivity index (χ3v) is 0.726. The van der Waals surface area contributed by atoms with Crippen LogP contribution in [0.25, 0.3) is 0 Å². The molecule has 0 aliphatic rings. The van der Waals surface area contributed by atoms with E-state index in [1.807, 2.05) is 0 Å². The van der Waals surface area contributed by atoms with E-state index < -0.39 is 0 Å². The highest BCUT2D eigenvalue weighted by Crippen LogP contribution is 1.82. The zero-order chi connectivity index (χ0) is 5.70. The molecular weight excluding hydrogens is 115 g/mol. The van der Waals surface area contributed by atoms with E-state index in [1.165, 1.54) is 7.05 Å². The smallest absolute Gasteiger partial charge is 0.134 e. The minimum Gasteiger partial charge on any atom is -0.279 e. The van der Waals surface area contributed by atoms with E-state index >= 15 is 0 Å². The molecule has 0 bridgehead atoms. The van der Waals surface area contributed by atoms with Gasteiger partial charge in [0.1, 0.15) is 11.7 Å². The van der Waals surface area contributed by atoms with Crippen LogP contribution < -0.4 is 0 Å². The Kier molecular flexibility index (Phi) is 3.50. The molecule has 40 valence electrons. The number of rotatable bonds is 2. The molecule has 0 atom stereocenters. The van der Waals surface area contributed by atoms with E-state index in [4.69, 9.17) is 11.6 Å². The van der Waals surface area contributed by atoms with Gasteiger partial charge in [0.05, 0.1) is 0 Å². The molecule has 4 heteroatoms. The van der Waals surface area contributed by atoms with Crippen molar-refractivity contribution < 1.29 is 0 Å². The number of hydrogen-bond donors (Lipinski definition) is 0. The van der Waals surface area contributed by atoms with Gasteiger partial charge < -0.3 is 0 Å². The maximum Gasteiger partial charge on any atom is 0.134 e. The minimum atomic E-state index is -0.0158. The average molecular weight is 121 g/mol. The van der Waals surface area contributed by atoms with Crippen LogP contribution in [-0.4, -0.2) is 18.8 Å². The molecule has 0 spiro atoms. The fourth-order valence-corrected chi connectivity index (χ4v) is 0.173. The molecule has 0 aromatic rings. The summed E-state index contributed by atoms with van der Waals surface area (Å²) >= 11 is 5.22. The van der Waals surface area contributed by atoms with Crippen LogP contribution in [0, 0.1) is 4.91 Å². The molecule has 0 radical (unpaired) electrons. The van der Waals surface area contributed by atoms with Crippen molar-refractivity contribution >= 4 is 16.8 Å². The molecule has 0 aromatic heterocycles. The van der Waals surface area contributed by atoms with Gasteiger partial charge in [-0.15, -0.1) is 0 Å². The van der Waals surface area contributed by atoms with Gasteiger partial charge in [-0.25, -0.2) is 0 Å². The van der Waals surface area contributed by atoms with Gasteiger partial charge >= 0.3 is 0 Å². The summed E-state index contributed by atoms with van der Waals surface area (Å²) in [7, 11) is 1.51. The number of nitroso groups, excluding NO2 is 1. The molecule has 0 unspecified atom stereocenters. The Morgan fingerprint density at radius 2 is 2.43 bits per heavy atom. The van der Waals surface area contributed by atoms with E-state index in [0.29, 0.717) is 0 Å². The van der Waals surface area contributed by atoms with Gasteiger partial charge in [0.15, 0.2) is 0 Å². The summed E-state index contributed by atoms with van der Waals surface area (Å²) in [6.07, 6.45) is 0. The summed E-state index contributed by atoms with van der Waals surface area (Å²) in [4.78, 5) is 12.8. The Morgan fingerprint density at radius 1 is 1.86 bits per heavy atom. The minimum absolute atomic E-state index is 0.0158. The second kappa shape index (κ2) is 3.74. The number of nitrogens with zero attached hydrogens (tertiary/aromatic N) is 2. The monoisotopic (exact) mass is 120 g/mol. The summed E-state index contributed by atoms with van der Waals surface area (Å²) in [5, 5.41) is 2.74. The lowest BCUT2D eigenvalue weighted by atomic mass is 10.7. The fraction of sp³-hybridized carbons (Fsp3) is 0.667. The average Bonchev–Trinajstić information content (AvgIpc) is 1.68. The maximum atomic E-state index is 9.36. The highest BCUT2D eigenvalue weighted by atomic mass is 35.5. The van der Waals surface area contributed by atoms with E-state index in [2.05, 4.69) is 10.2 Å². The Labute approximate surface area is 46.4 Å². The van der Waals surface area contributed by atoms with Crippen molar-refractivity contribution in [1.29, 1.82) is 0 Å². The standard InChI is InChI=1S/C3H5ClN2O/c1-5-3(4)2-6-7/h2H2,1H3. The van der Waals surface area contributed by atoms with Crippen LogP contribution in [0.5, 0.6) is 0 Å². The van der Waals surface area contributed by atoms with Gasteiger partial charge in [0.25, 0.3) is 0 Å². The van der Waals surface area contributed by atoms with Gasteiger partial charge in [-0.3, -0.25) is 4.99 Å². The van der Waals surface area contributed by atoms with Crippen LogP contribution in [0.1, 0.15) is 0 Å². The zero-order valence-corrected chi connectivity index (χ0v) is 4.64. The number of hydrogen-bond acceptors (Lipinski definition) is 3. The maximum absolute atomic E-state index is 9.36. The summed E-state index contributed by atoms with van der Waals surface area (Å²) < 4.78 is 0. The number of aliphatic imine (C=N–C) groups is 1. The van der Waals surface area contributed by atoms with Crippen LogP contribution >= 0.6 is 11.6 Å². The SMILES string of the molecule is CN=C(Cl)CN=O. The van der Waals surface area contributed by atoms with Crippen molar-refractivity contribution in [3.63, 3.8) is 0 Å². The van der Waals surface area contributed by atoms with Crippen molar-refractivity contribution in [2.45, 2.75) is 0 Å². The molecule has 0 aliphatic carbocycles. The fourth-order valence-electron chi connectivity index (χ4n) is 0.124. The predicted octanol–water partition coefficient (Wildman–Crippen LogP) is 1.02. The third-order valence-electron chi connectivity index (χ3n) is 0.438. The van der Waals surface area contributed by atoms with E-state index in [1.54, 1.807) is 0 Å². The first-order valence-corrected chi connectivity index (χ1v) is 2.09. The highest BCUT2D eigenvalue weighted by Gasteiger charge is 1.86. The Hall–Kier alpha value is -0.440. The van der Waals surface area contributed by atoms with Crippen molar-refractivity contribution in [2.75, 3.05) is 13.6 Å². The molecule has 0 heterocycles. The molecule has 0 aromatic carbocycles. The zero-order valence-electron chi connectivity index (χ0n) is 3.89. The number of halogens is 1. The second-order valence-electron chi connectivity index (χ2n) is 0.887. The van der Waals surface area contributed by atoms with E-state index in [0.717, 1.165) is 0 Å². The van der Waals surface area contributed by atoms with Crippen LogP contribution in [0.4, 0.5) is 0 Å². The molecule has 3 nitrogen and oxygen atoms in total. The van der Waals surface area contributed by atoms with Crippen molar-refractivity contribution in [2.24, 2.45) is 10.2 Å². The van der Waals surface area contributed by atoms with Gasteiger partial charge in [0.2, 0.25) is 0 Å². The largest absolute Gasteiger partial charge is 0.279 e. The molecule has 0 N–H and O–H groups in total. The molecule has 0 saturated carbocycles. The predicted molar refractivity (Wildman–Crippen MR) is 29.9 cm³/mol. The van der Waals surface area contributed by atoms with Gasteiger partial charge in [0, 0.05) is 7.05 Å². The lowest BCUT2D eigenvalue weighted by Crippen LogP contribution is -1.89. The summed E-state index contributed by atoms with van der Waals surface area (Å²) in [5.74, 6) is 0. The molecule has 0 rings (SSSR count). The normalized spacial score (nSPS) is 11.4. The Balaban J connectivity index is 3.36. The quantitative estimate of drug-likeness (QED) is 0.396. The first kappa shape index (κ1) is 6.56. The van der Waals surface area contributed by atoms with Crippen molar-refractivity contribution in [1.82, 2.24) is 0 Å². The van der Waals surface area contributed by atoms with Crippen molar-refractivity contribution in [3.05, 3.63) is 4.91 Å². The topological polar surface area (TPSA) is 41.8 Å². The molecule has 7 heavy (non-hydrogen) atoms. The summed E-state index contributed by atoms with van der Waals surface area (Å²) in [5.41, 5.74) is 0.